The molecule has 0 amide bonds. The van der Waals surface area contributed by atoms with Crippen molar-refractivity contribution in [3.63, 3.8) is 0 Å². The normalized spacial score (nSPS) is 11.3. The van der Waals surface area contributed by atoms with Crippen LogP contribution in [0.1, 0.15) is 37.7 Å². The molecule has 0 unspecified atom stereocenters. The first-order chi connectivity index (χ1) is 10.1. The van der Waals surface area contributed by atoms with Crippen molar-refractivity contribution in [3.8, 4) is 0 Å². The summed E-state index contributed by atoms with van der Waals surface area (Å²) >= 11 is 0. The number of unbranched alkanes of at least 4 members (excludes halogenated alkanes) is 4. The van der Waals surface area contributed by atoms with E-state index in [4.69, 9.17) is 8.85 Å². The summed E-state index contributed by atoms with van der Waals surface area (Å²) in [6, 6.07) is 2.56. The first-order valence-corrected chi connectivity index (χ1v) is 9.03. The van der Waals surface area contributed by atoms with Gasteiger partial charge in [0.15, 0.2) is 11.6 Å². The molecule has 0 radical (unpaired) electrons. The van der Waals surface area contributed by atoms with Crippen LogP contribution in [0.5, 0.6) is 0 Å². The molecular weight excluding hydrogens is 297 g/mol. The minimum Gasteiger partial charge on any atom is -0.400 e. The molecule has 1 aromatic carbocycles. The lowest BCUT2D eigenvalue weighted by molar-refractivity contribution is 0.276. The molecule has 0 aliphatic heterocycles. The molecule has 0 atom stereocenters. The zero-order chi connectivity index (χ0) is 15.7. The molecule has 1 aromatic rings. The highest BCUT2D eigenvalue weighted by molar-refractivity contribution is 6.44. The van der Waals surface area contributed by atoms with E-state index in [1.165, 1.54) is 0 Å². The molecule has 0 aliphatic rings. The highest BCUT2D eigenvalue weighted by Gasteiger charge is 2.10. The summed E-state index contributed by atoms with van der Waals surface area (Å²) in [5, 5.41) is 0. The maximum atomic E-state index is 13.4. The van der Waals surface area contributed by atoms with Crippen LogP contribution in [-0.2, 0) is 15.3 Å². The summed E-state index contributed by atoms with van der Waals surface area (Å²) in [4.78, 5) is 0. The summed E-state index contributed by atoms with van der Waals surface area (Å²) in [6.07, 6.45) is 5.35. The number of hydrogen-bond acceptors (Lipinski definition) is 2. The van der Waals surface area contributed by atoms with Crippen LogP contribution in [0.2, 0.25) is 6.04 Å². The summed E-state index contributed by atoms with van der Waals surface area (Å²) in [6.45, 7) is 0. The first kappa shape index (κ1) is 18.2. The fraction of sp³-hybridized carbons (Fsp3) is 0.600. The minimum absolute atomic E-state index is 0.250. The summed E-state index contributed by atoms with van der Waals surface area (Å²) in [5.74, 6) is -2.78. The van der Waals surface area contributed by atoms with Gasteiger partial charge in [-0.15, -0.1) is 0 Å². The fourth-order valence-corrected chi connectivity index (χ4v) is 3.53. The van der Waals surface area contributed by atoms with Gasteiger partial charge >= 0.3 is 9.28 Å². The molecule has 1 rings (SSSR count). The van der Waals surface area contributed by atoms with Gasteiger partial charge in [-0.3, -0.25) is 0 Å². The Labute approximate surface area is 126 Å². The van der Waals surface area contributed by atoms with E-state index in [0.29, 0.717) is 12.5 Å². The van der Waals surface area contributed by atoms with Crippen molar-refractivity contribution in [1.29, 1.82) is 0 Å². The molecule has 0 saturated heterocycles. The summed E-state index contributed by atoms with van der Waals surface area (Å²) in [7, 11) is 1.91. The third-order valence-corrected chi connectivity index (χ3v) is 5.43. The van der Waals surface area contributed by atoms with Crippen LogP contribution in [0.3, 0.4) is 0 Å². The Balaban J connectivity index is 2.16. The van der Waals surface area contributed by atoms with Gasteiger partial charge in [-0.25, -0.2) is 13.2 Å². The van der Waals surface area contributed by atoms with E-state index in [1.807, 2.05) is 0 Å². The number of benzene rings is 1. The van der Waals surface area contributed by atoms with Crippen molar-refractivity contribution >= 4 is 9.28 Å². The number of rotatable bonds is 10. The first-order valence-electron chi connectivity index (χ1n) is 7.27. The van der Waals surface area contributed by atoms with Crippen molar-refractivity contribution in [2.24, 2.45) is 0 Å². The Morgan fingerprint density at radius 2 is 1.38 bits per heavy atom. The van der Waals surface area contributed by atoms with Crippen molar-refractivity contribution in [1.82, 2.24) is 0 Å². The Morgan fingerprint density at radius 1 is 0.810 bits per heavy atom. The Morgan fingerprint density at radius 3 is 2.05 bits per heavy atom. The third kappa shape index (κ3) is 6.63. The van der Waals surface area contributed by atoms with E-state index >= 15 is 0 Å². The SMILES string of the molecule is CO[SiH](CCCCCCCc1cc(F)c(F)cc1F)OC. The number of aryl methyl sites for hydroxylation is 1. The van der Waals surface area contributed by atoms with E-state index in [2.05, 4.69) is 0 Å². The standard InChI is InChI=1S/C15H23F3O2Si/c1-19-21(20-2)9-7-5-3-4-6-8-12-10-14(17)15(18)11-13(12)16/h10-11,21H,3-9H2,1-2H3. The lowest BCUT2D eigenvalue weighted by Crippen LogP contribution is -2.18. The highest BCUT2D eigenvalue weighted by Crippen LogP contribution is 2.17. The van der Waals surface area contributed by atoms with Gasteiger partial charge in [-0.2, -0.15) is 0 Å². The summed E-state index contributed by atoms with van der Waals surface area (Å²) in [5.41, 5.74) is 0.250. The zero-order valence-corrected chi connectivity index (χ0v) is 13.8. The van der Waals surface area contributed by atoms with Crippen molar-refractivity contribution in [2.45, 2.75) is 44.6 Å². The van der Waals surface area contributed by atoms with Gasteiger partial charge in [0.25, 0.3) is 0 Å². The predicted octanol–water partition coefficient (Wildman–Crippen LogP) is 4.11. The van der Waals surface area contributed by atoms with Gasteiger partial charge in [-0.05, 0) is 30.5 Å². The van der Waals surface area contributed by atoms with Gasteiger partial charge < -0.3 is 8.85 Å². The maximum absolute atomic E-state index is 13.4. The average Bonchev–Trinajstić information content (AvgIpc) is 2.47. The average molecular weight is 320 g/mol. The maximum Gasteiger partial charge on any atom is 0.320 e. The quantitative estimate of drug-likeness (QED) is 0.367. The molecule has 2 nitrogen and oxygen atoms in total. The largest absolute Gasteiger partial charge is 0.400 e. The molecule has 0 saturated carbocycles. The highest BCUT2D eigenvalue weighted by atomic mass is 28.3. The molecule has 0 spiro atoms. The van der Waals surface area contributed by atoms with Crippen LogP contribution < -0.4 is 0 Å². The molecular formula is C15H23F3O2Si. The second-order valence-electron chi connectivity index (χ2n) is 5.07. The molecule has 0 aromatic heterocycles. The second kappa shape index (κ2) is 9.97. The van der Waals surface area contributed by atoms with Gasteiger partial charge in [-0.1, -0.05) is 25.7 Å². The van der Waals surface area contributed by atoms with Crippen molar-refractivity contribution < 1.29 is 22.0 Å². The van der Waals surface area contributed by atoms with Crippen LogP contribution in [-0.4, -0.2) is 23.5 Å². The van der Waals surface area contributed by atoms with Crippen LogP contribution in [0.15, 0.2) is 12.1 Å². The predicted molar refractivity (Wildman–Crippen MR) is 79.1 cm³/mol. The Hall–Kier alpha value is -0.853. The lowest BCUT2D eigenvalue weighted by Gasteiger charge is -2.10. The third-order valence-electron chi connectivity index (χ3n) is 3.50. The van der Waals surface area contributed by atoms with Crippen molar-refractivity contribution in [3.05, 3.63) is 35.1 Å². The van der Waals surface area contributed by atoms with E-state index in [9.17, 15) is 13.2 Å². The molecule has 21 heavy (non-hydrogen) atoms. The fourth-order valence-electron chi connectivity index (χ4n) is 2.24. The van der Waals surface area contributed by atoms with Crippen molar-refractivity contribution in [2.75, 3.05) is 14.2 Å². The van der Waals surface area contributed by atoms with E-state index < -0.39 is 26.7 Å². The molecule has 0 bridgehead atoms. The Bertz CT molecular complexity index is 426. The molecule has 0 N–H and O–H groups in total. The lowest BCUT2D eigenvalue weighted by atomic mass is 10.0. The van der Waals surface area contributed by atoms with Crippen LogP contribution in [0.25, 0.3) is 0 Å². The smallest absolute Gasteiger partial charge is 0.320 e. The minimum atomic E-state index is -1.44. The monoisotopic (exact) mass is 320 g/mol. The van der Waals surface area contributed by atoms with Crippen LogP contribution >= 0.6 is 0 Å². The van der Waals surface area contributed by atoms with E-state index in [-0.39, 0.29) is 5.56 Å². The molecule has 0 aliphatic carbocycles. The number of halogens is 3. The molecule has 0 heterocycles. The van der Waals surface area contributed by atoms with E-state index in [0.717, 1.165) is 44.2 Å². The second-order valence-corrected chi connectivity index (χ2v) is 7.44. The van der Waals surface area contributed by atoms with Crippen LogP contribution in [0.4, 0.5) is 13.2 Å². The van der Waals surface area contributed by atoms with Gasteiger partial charge in [0.1, 0.15) is 5.82 Å². The summed E-state index contributed by atoms with van der Waals surface area (Å²) < 4.78 is 49.6. The molecule has 0 fully saturated rings. The zero-order valence-electron chi connectivity index (χ0n) is 12.6. The van der Waals surface area contributed by atoms with Gasteiger partial charge in [0.2, 0.25) is 0 Å². The molecule has 6 heteroatoms. The molecule has 120 valence electrons. The van der Waals surface area contributed by atoms with E-state index in [1.54, 1.807) is 14.2 Å². The van der Waals surface area contributed by atoms with Crippen LogP contribution in [0, 0.1) is 17.5 Å². The van der Waals surface area contributed by atoms with Gasteiger partial charge in [0.05, 0.1) is 0 Å². The van der Waals surface area contributed by atoms with Gasteiger partial charge in [0, 0.05) is 20.3 Å². The number of hydrogen-bond donors (Lipinski definition) is 0. The Kier molecular flexibility index (Phi) is 8.64. The topological polar surface area (TPSA) is 18.5 Å².